The van der Waals surface area contributed by atoms with E-state index in [0.29, 0.717) is 12.1 Å². The number of fused-ring (bicyclic) bond motifs is 1. The van der Waals surface area contributed by atoms with Crippen molar-refractivity contribution < 1.29 is 13.2 Å². The number of hydrogen-bond acceptors (Lipinski definition) is 3. The number of benzene rings is 1. The standard InChI is InChI=1S/C15H20N2O3S/c1-21(19,20)17-10-4-5-12-11-13(6-7-14(12)17)15(18)16-8-2-3-9-16/h6-7,11H,2-5,8-10H2,1H3. The van der Waals surface area contributed by atoms with Gasteiger partial charge >= 0.3 is 0 Å². The summed E-state index contributed by atoms with van der Waals surface area (Å²) in [7, 11) is -3.25. The predicted molar refractivity (Wildman–Crippen MR) is 82.1 cm³/mol. The lowest BCUT2D eigenvalue weighted by Crippen LogP contribution is -2.35. The second-order valence-corrected chi connectivity index (χ2v) is 7.69. The van der Waals surface area contributed by atoms with E-state index in [0.717, 1.165) is 50.0 Å². The van der Waals surface area contributed by atoms with E-state index in [1.54, 1.807) is 12.1 Å². The lowest BCUT2D eigenvalue weighted by Gasteiger charge is -2.29. The Morgan fingerprint density at radius 3 is 2.48 bits per heavy atom. The van der Waals surface area contributed by atoms with Gasteiger partial charge in [0.1, 0.15) is 0 Å². The molecule has 0 atom stereocenters. The number of carbonyl (C=O) groups is 1. The molecule has 6 heteroatoms. The zero-order valence-electron chi connectivity index (χ0n) is 12.2. The van der Waals surface area contributed by atoms with Crippen molar-refractivity contribution in [2.45, 2.75) is 25.7 Å². The molecule has 1 aromatic rings. The fourth-order valence-corrected chi connectivity index (χ4v) is 4.14. The summed E-state index contributed by atoms with van der Waals surface area (Å²) in [4.78, 5) is 14.3. The Balaban J connectivity index is 1.92. The first-order chi connectivity index (χ1) is 9.97. The molecule has 0 unspecified atom stereocenters. The summed E-state index contributed by atoms with van der Waals surface area (Å²) in [5, 5.41) is 0. The van der Waals surface area contributed by atoms with Crippen molar-refractivity contribution in [1.82, 2.24) is 4.90 Å². The minimum absolute atomic E-state index is 0.0618. The third-order valence-electron chi connectivity index (χ3n) is 4.20. The van der Waals surface area contributed by atoms with Crippen LogP contribution in [0.15, 0.2) is 18.2 Å². The Morgan fingerprint density at radius 1 is 1.10 bits per heavy atom. The molecular formula is C15H20N2O3S. The first-order valence-corrected chi connectivity index (χ1v) is 9.21. The van der Waals surface area contributed by atoms with Crippen molar-refractivity contribution in [2.24, 2.45) is 0 Å². The monoisotopic (exact) mass is 308 g/mol. The fourth-order valence-electron chi connectivity index (χ4n) is 3.14. The van der Waals surface area contributed by atoms with Gasteiger partial charge in [-0.15, -0.1) is 0 Å². The van der Waals surface area contributed by atoms with Crippen molar-refractivity contribution in [3.8, 4) is 0 Å². The topological polar surface area (TPSA) is 57.7 Å². The van der Waals surface area contributed by atoms with Gasteiger partial charge in [-0.25, -0.2) is 8.42 Å². The zero-order chi connectivity index (χ0) is 15.0. The highest BCUT2D eigenvalue weighted by atomic mass is 32.2. The van der Waals surface area contributed by atoms with Crippen molar-refractivity contribution in [2.75, 3.05) is 30.2 Å². The molecule has 0 aromatic heterocycles. The second-order valence-electron chi connectivity index (χ2n) is 5.78. The molecule has 1 amide bonds. The van der Waals surface area contributed by atoms with Gasteiger partial charge in [0.05, 0.1) is 11.9 Å². The molecule has 21 heavy (non-hydrogen) atoms. The molecule has 0 bridgehead atoms. The average Bonchev–Trinajstić information content (AvgIpc) is 2.98. The van der Waals surface area contributed by atoms with Crippen LogP contribution in [0.4, 0.5) is 5.69 Å². The Bertz CT molecular complexity index is 663. The highest BCUT2D eigenvalue weighted by Crippen LogP contribution is 2.30. The number of aryl methyl sites for hydroxylation is 1. The molecule has 5 nitrogen and oxygen atoms in total. The van der Waals surface area contributed by atoms with Crippen LogP contribution in [0.1, 0.15) is 35.2 Å². The second kappa shape index (κ2) is 5.33. The molecule has 0 spiro atoms. The minimum Gasteiger partial charge on any atom is -0.339 e. The molecule has 0 aliphatic carbocycles. The van der Waals surface area contributed by atoms with Crippen molar-refractivity contribution >= 4 is 21.6 Å². The number of anilines is 1. The maximum atomic E-state index is 12.4. The van der Waals surface area contributed by atoms with Crippen LogP contribution in [-0.4, -0.2) is 45.1 Å². The number of carbonyl (C=O) groups excluding carboxylic acids is 1. The van der Waals surface area contributed by atoms with Gasteiger partial charge in [0.2, 0.25) is 10.0 Å². The summed E-state index contributed by atoms with van der Waals surface area (Å²) in [5.41, 5.74) is 2.35. The van der Waals surface area contributed by atoms with Crippen LogP contribution >= 0.6 is 0 Å². The van der Waals surface area contributed by atoms with Crippen LogP contribution in [0.3, 0.4) is 0 Å². The maximum absolute atomic E-state index is 12.4. The van der Waals surface area contributed by atoms with Gasteiger partial charge in [0.15, 0.2) is 0 Å². The molecule has 1 aromatic carbocycles. The molecule has 0 radical (unpaired) electrons. The number of hydrogen-bond donors (Lipinski definition) is 0. The molecule has 1 saturated heterocycles. The maximum Gasteiger partial charge on any atom is 0.253 e. The lowest BCUT2D eigenvalue weighted by molar-refractivity contribution is 0.0792. The predicted octanol–water partition coefficient (Wildman–Crippen LogP) is 1.63. The third kappa shape index (κ3) is 2.77. The summed E-state index contributed by atoms with van der Waals surface area (Å²) in [6.45, 7) is 2.17. The van der Waals surface area contributed by atoms with Crippen LogP contribution in [-0.2, 0) is 16.4 Å². The van der Waals surface area contributed by atoms with Crippen LogP contribution in [0, 0.1) is 0 Å². The Labute approximate surface area is 125 Å². The van der Waals surface area contributed by atoms with E-state index in [1.807, 2.05) is 11.0 Å². The Hall–Kier alpha value is -1.56. The van der Waals surface area contributed by atoms with Crippen LogP contribution in [0.2, 0.25) is 0 Å². The molecular weight excluding hydrogens is 288 g/mol. The van der Waals surface area contributed by atoms with Gasteiger partial charge in [-0.1, -0.05) is 0 Å². The zero-order valence-corrected chi connectivity index (χ0v) is 13.0. The molecule has 2 aliphatic rings. The van der Waals surface area contributed by atoms with Crippen LogP contribution in [0.25, 0.3) is 0 Å². The van der Waals surface area contributed by atoms with E-state index in [4.69, 9.17) is 0 Å². The van der Waals surface area contributed by atoms with Gasteiger partial charge < -0.3 is 4.90 Å². The fraction of sp³-hybridized carbons (Fsp3) is 0.533. The highest BCUT2D eigenvalue weighted by Gasteiger charge is 2.26. The Morgan fingerprint density at radius 2 is 1.81 bits per heavy atom. The smallest absolute Gasteiger partial charge is 0.253 e. The van der Waals surface area contributed by atoms with E-state index < -0.39 is 10.0 Å². The van der Waals surface area contributed by atoms with Crippen molar-refractivity contribution in [3.63, 3.8) is 0 Å². The summed E-state index contributed by atoms with van der Waals surface area (Å²) in [6.07, 6.45) is 4.98. The lowest BCUT2D eigenvalue weighted by atomic mass is 10.0. The molecule has 0 saturated carbocycles. The van der Waals surface area contributed by atoms with Crippen molar-refractivity contribution in [1.29, 1.82) is 0 Å². The van der Waals surface area contributed by atoms with Gasteiger partial charge in [-0.05, 0) is 49.4 Å². The van der Waals surface area contributed by atoms with Gasteiger partial charge in [-0.2, -0.15) is 0 Å². The van der Waals surface area contributed by atoms with Crippen LogP contribution < -0.4 is 4.31 Å². The first-order valence-electron chi connectivity index (χ1n) is 7.37. The summed E-state index contributed by atoms with van der Waals surface area (Å²) in [6, 6.07) is 5.40. The molecule has 0 N–H and O–H groups in total. The van der Waals surface area contributed by atoms with E-state index in [9.17, 15) is 13.2 Å². The number of likely N-dealkylation sites (tertiary alicyclic amines) is 1. The van der Waals surface area contributed by atoms with E-state index >= 15 is 0 Å². The number of nitrogens with zero attached hydrogens (tertiary/aromatic N) is 2. The van der Waals surface area contributed by atoms with E-state index in [2.05, 4.69) is 0 Å². The molecule has 1 fully saturated rings. The van der Waals surface area contributed by atoms with E-state index in [-0.39, 0.29) is 5.91 Å². The average molecular weight is 308 g/mol. The summed E-state index contributed by atoms with van der Waals surface area (Å²) >= 11 is 0. The summed E-state index contributed by atoms with van der Waals surface area (Å²) in [5.74, 6) is 0.0618. The number of amides is 1. The first kappa shape index (κ1) is 14.4. The number of rotatable bonds is 2. The third-order valence-corrected chi connectivity index (χ3v) is 5.38. The molecule has 114 valence electrons. The van der Waals surface area contributed by atoms with Crippen molar-refractivity contribution in [3.05, 3.63) is 29.3 Å². The highest BCUT2D eigenvalue weighted by molar-refractivity contribution is 7.92. The minimum atomic E-state index is -3.25. The van der Waals surface area contributed by atoms with Crippen LogP contribution in [0.5, 0.6) is 0 Å². The number of sulfonamides is 1. The van der Waals surface area contributed by atoms with Gasteiger partial charge in [0, 0.05) is 25.2 Å². The van der Waals surface area contributed by atoms with Gasteiger partial charge in [0.25, 0.3) is 5.91 Å². The molecule has 2 aliphatic heterocycles. The molecule has 2 heterocycles. The molecule has 3 rings (SSSR count). The Kier molecular flexibility index (Phi) is 3.65. The largest absolute Gasteiger partial charge is 0.339 e. The SMILES string of the molecule is CS(=O)(=O)N1CCCc2cc(C(=O)N3CCCC3)ccc21. The quantitative estimate of drug-likeness (QED) is 0.834. The van der Waals surface area contributed by atoms with Gasteiger partial charge in [-0.3, -0.25) is 9.10 Å². The summed E-state index contributed by atoms with van der Waals surface area (Å²) < 4.78 is 25.1. The van der Waals surface area contributed by atoms with E-state index in [1.165, 1.54) is 10.6 Å². The normalized spacial score (nSPS) is 18.7.